The highest BCUT2D eigenvalue weighted by molar-refractivity contribution is 5.97. The number of hydrogen-bond acceptors (Lipinski definition) is 6. The van der Waals surface area contributed by atoms with Crippen LogP contribution < -0.4 is 10.1 Å². The van der Waals surface area contributed by atoms with Crippen LogP contribution in [0.15, 0.2) is 48.5 Å². The molecule has 0 radical (unpaired) electrons. The molecule has 1 saturated carbocycles. The van der Waals surface area contributed by atoms with Gasteiger partial charge in [-0.3, -0.25) is 9.59 Å². The Morgan fingerprint density at radius 3 is 2.00 bits per heavy atom. The lowest BCUT2D eigenvalue weighted by Gasteiger charge is -2.25. The fraction of sp³-hybridized carbons (Fsp3) is 0.387. The summed E-state index contributed by atoms with van der Waals surface area (Å²) in [5.41, 5.74) is 1.23. The summed E-state index contributed by atoms with van der Waals surface area (Å²) >= 11 is 0. The normalized spacial score (nSPS) is 13.9. The molecule has 2 atom stereocenters. The molecule has 1 amide bonds. The molecule has 1 fully saturated rings. The van der Waals surface area contributed by atoms with Gasteiger partial charge >= 0.3 is 11.9 Å². The average molecular weight is 516 g/mol. The zero-order chi connectivity index (χ0) is 27.7. The first kappa shape index (κ1) is 28.3. The zero-order valence-electron chi connectivity index (χ0n) is 22.4. The molecule has 38 heavy (non-hydrogen) atoms. The Bertz CT molecular complexity index is 1260. The third-order valence-corrected chi connectivity index (χ3v) is 5.52. The van der Waals surface area contributed by atoms with E-state index in [-0.39, 0.29) is 6.42 Å². The van der Waals surface area contributed by atoms with Gasteiger partial charge in [0.15, 0.2) is 0 Å². The Morgan fingerprint density at radius 1 is 0.947 bits per heavy atom. The SMILES string of the molecule is COC(=O)[C@@H](NC(=O)c1ccc(C#CC#Cc2ccc(OC3CC3)cc2)cc1)[C@@H](C)CC(=O)OC(C)(C)C. The van der Waals surface area contributed by atoms with Gasteiger partial charge in [0.2, 0.25) is 0 Å². The topological polar surface area (TPSA) is 90.9 Å². The Morgan fingerprint density at radius 2 is 1.50 bits per heavy atom. The van der Waals surface area contributed by atoms with Crippen LogP contribution in [0.5, 0.6) is 5.75 Å². The molecule has 0 aliphatic heterocycles. The minimum atomic E-state index is -1.01. The van der Waals surface area contributed by atoms with E-state index in [4.69, 9.17) is 14.2 Å². The number of carbonyl (C=O) groups is 3. The fourth-order valence-corrected chi connectivity index (χ4v) is 3.46. The number of esters is 2. The van der Waals surface area contributed by atoms with Crippen LogP contribution in [-0.4, -0.2) is 42.7 Å². The number of nitrogens with one attached hydrogen (secondary N) is 1. The van der Waals surface area contributed by atoms with E-state index in [1.165, 1.54) is 7.11 Å². The highest BCUT2D eigenvalue weighted by Gasteiger charge is 2.31. The predicted molar refractivity (Wildman–Crippen MR) is 143 cm³/mol. The minimum Gasteiger partial charge on any atom is -0.490 e. The summed E-state index contributed by atoms with van der Waals surface area (Å²) in [4.78, 5) is 37.3. The van der Waals surface area contributed by atoms with Crippen molar-refractivity contribution in [2.75, 3.05) is 7.11 Å². The molecule has 1 N–H and O–H groups in total. The van der Waals surface area contributed by atoms with E-state index in [0.717, 1.165) is 24.2 Å². The quantitative estimate of drug-likeness (QED) is 0.417. The Labute approximate surface area is 224 Å². The van der Waals surface area contributed by atoms with E-state index in [1.807, 2.05) is 24.3 Å². The molecule has 0 aromatic heterocycles. The van der Waals surface area contributed by atoms with Gasteiger partial charge in [-0.15, -0.1) is 0 Å². The molecular formula is C31H33NO6. The van der Waals surface area contributed by atoms with Gasteiger partial charge in [0.05, 0.1) is 19.6 Å². The second kappa shape index (κ2) is 12.8. The van der Waals surface area contributed by atoms with Crippen LogP contribution in [0.2, 0.25) is 0 Å². The largest absolute Gasteiger partial charge is 0.490 e. The Hall–Kier alpha value is -4.23. The van der Waals surface area contributed by atoms with Crippen molar-refractivity contribution in [1.29, 1.82) is 0 Å². The Balaban J connectivity index is 1.58. The monoisotopic (exact) mass is 515 g/mol. The lowest BCUT2D eigenvalue weighted by Crippen LogP contribution is -2.46. The molecule has 2 aromatic rings. The molecule has 3 rings (SSSR count). The van der Waals surface area contributed by atoms with Crippen molar-refractivity contribution in [1.82, 2.24) is 5.32 Å². The van der Waals surface area contributed by atoms with Crippen LogP contribution >= 0.6 is 0 Å². The first-order valence-corrected chi connectivity index (χ1v) is 12.5. The van der Waals surface area contributed by atoms with Gasteiger partial charge in [-0.2, -0.15) is 0 Å². The zero-order valence-corrected chi connectivity index (χ0v) is 22.4. The maximum absolute atomic E-state index is 12.8. The summed E-state index contributed by atoms with van der Waals surface area (Å²) in [5, 5.41) is 2.67. The molecule has 2 aromatic carbocycles. The van der Waals surface area contributed by atoms with E-state index >= 15 is 0 Å². The molecule has 1 aliphatic carbocycles. The van der Waals surface area contributed by atoms with Gasteiger partial charge in [0, 0.05) is 16.7 Å². The number of ether oxygens (including phenoxy) is 3. The van der Waals surface area contributed by atoms with Crippen LogP contribution in [0.25, 0.3) is 0 Å². The first-order chi connectivity index (χ1) is 18.0. The lowest BCUT2D eigenvalue weighted by molar-refractivity contribution is -0.156. The van der Waals surface area contributed by atoms with Crippen molar-refractivity contribution < 1.29 is 28.6 Å². The number of methoxy groups -OCH3 is 1. The second-order valence-electron chi connectivity index (χ2n) is 10.2. The second-order valence-corrected chi connectivity index (χ2v) is 10.2. The molecule has 7 heteroatoms. The van der Waals surface area contributed by atoms with Crippen LogP contribution in [0.3, 0.4) is 0 Å². The molecule has 0 spiro atoms. The van der Waals surface area contributed by atoms with Crippen LogP contribution in [0.4, 0.5) is 0 Å². The first-order valence-electron chi connectivity index (χ1n) is 12.5. The third-order valence-electron chi connectivity index (χ3n) is 5.52. The van der Waals surface area contributed by atoms with Crippen molar-refractivity contribution >= 4 is 17.8 Å². The van der Waals surface area contributed by atoms with Crippen molar-refractivity contribution in [3.63, 3.8) is 0 Å². The molecule has 0 saturated heterocycles. The smallest absolute Gasteiger partial charge is 0.328 e. The molecule has 198 valence electrons. The van der Waals surface area contributed by atoms with Gasteiger partial charge in [0.25, 0.3) is 5.91 Å². The van der Waals surface area contributed by atoms with E-state index < -0.39 is 35.4 Å². The maximum atomic E-state index is 12.8. The van der Waals surface area contributed by atoms with Gasteiger partial charge < -0.3 is 19.5 Å². The van der Waals surface area contributed by atoms with Gasteiger partial charge in [0.1, 0.15) is 17.4 Å². The standard InChI is InChI=1S/C31H33NO6/c1-21(20-27(33)38-31(2,3)4)28(30(35)36-5)32-29(34)24-14-10-22(11-15-24)8-6-7-9-23-12-16-25(17-13-23)37-26-18-19-26/h10-17,21,26,28H,18-20H2,1-5H3,(H,32,34)/t21-,28-/m0/s1. The number of hydrogen-bond donors (Lipinski definition) is 1. The van der Waals surface area contributed by atoms with Crippen LogP contribution in [0.1, 0.15) is 68.4 Å². The van der Waals surface area contributed by atoms with Crippen LogP contribution in [-0.2, 0) is 19.1 Å². The Kier molecular flexibility index (Phi) is 9.57. The van der Waals surface area contributed by atoms with Gasteiger partial charge in [-0.1, -0.05) is 18.8 Å². The molecule has 0 bridgehead atoms. The molecule has 1 aliphatic rings. The van der Waals surface area contributed by atoms with E-state index in [9.17, 15) is 14.4 Å². The van der Waals surface area contributed by atoms with Crippen molar-refractivity contribution in [2.45, 2.75) is 64.7 Å². The lowest BCUT2D eigenvalue weighted by atomic mass is 9.97. The molecule has 0 unspecified atom stereocenters. The summed E-state index contributed by atoms with van der Waals surface area (Å²) in [6.07, 6.45) is 2.54. The van der Waals surface area contributed by atoms with Crippen molar-refractivity contribution in [3.05, 3.63) is 65.2 Å². The van der Waals surface area contributed by atoms with Crippen molar-refractivity contribution in [3.8, 4) is 29.4 Å². The van der Waals surface area contributed by atoms with Gasteiger partial charge in [-0.05, 0) is 99.9 Å². The summed E-state index contributed by atoms with van der Waals surface area (Å²) in [5.74, 6) is 10.3. The predicted octanol–water partition coefficient (Wildman–Crippen LogP) is 4.27. The number of carbonyl (C=O) groups excluding carboxylic acids is 3. The molecule has 7 nitrogen and oxygen atoms in total. The van der Waals surface area contributed by atoms with Crippen molar-refractivity contribution in [2.24, 2.45) is 5.92 Å². The minimum absolute atomic E-state index is 0.0503. The number of rotatable bonds is 8. The number of amides is 1. The van der Waals surface area contributed by atoms with Gasteiger partial charge in [-0.25, -0.2) is 4.79 Å². The average Bonchev–Trinajstić information content (AvgIpc) is 3.68. The summed E-state index contributed by atoms with van der Waals surface area (Å²) in [6, 6.07) is 13.2. The van der Waals surface area contributed by atoms with E-state index in [0.29, 0.717) is 17.2 Å². The number of benzene rings is 2. The summed E-state index contributed by atoms with van der Waals surface area (Å²) < 4.78 is 15.9. The van der Waals surface area contributed by atoms with E-state index in [1.54, 1.807) is 52.0 Å². The van der Waals surface area contributed by atoms with E-state index in [2.05, 4.69) is 29.0 Å². The fourth-order valence-electron chi connectivity index (χ4n) is 3.46. The highest BCUT2D eigenvalue weighted by Crippen LogP contribution is 2.26. The van der Waals surface area contributed by atoms with Crippen LogP contribution in [0, 0.1) is 29.6 Å². The summed E-state index contributed by atoms with van der Waals surface area (Å²) in [7, 11) is 1.23. The summed E-state index contributed by atoms with van der Waals surface area (Å²) in [6.45, 7) is 6.97. The maximum Gasteiger partial charge on any atom is 0.328 e. The third kappa shape index (κ3) is 9.33. The molecule has 0 heterocycles. The molecular weight excluding hydrogens is 482 g/mol. The highest BCUT2D eigenvalue weighted by atomic mass is 16.6.